The SMILES string of the molecule is O=c1[nH]c(=O)n(Cc2ccco2)c2c1CN(Cc1ccccc1)CN2. The fraction of sp³-hybridized carbons (Fsp3) is 0.222. The van der Waals surface area contributed by atoms with Crippen molar-refractivity contribution < 1.29 is 4.42 Å². The molecule has 0 bridgehead atoms. The molecule has 0 unspecified atom stereocenters. The van der Waals surface area contributed by atoms with Crippen molar-refractivity contribution in [1.82, 2.24) is 14.5 Å². The number of nitrogens with zero attached hydrogens (tertiary/aromatic N) is 2. The minimum atomic E-state index is -0.441. The molecule has 7 nitrogen and oxygen atoms in total. The predicted molar refractivity (Wildman–Crippen MR) is 93.3 cm³/mol. The van der Waals surface area contributed by atoms with E-state index >= 15 is 0 Å². The number of fused-ring (bicyclic) bond motifs is 1. The Bertz CT molecular complexity index is 974. The first-order valence-electron chi connectivity index (χ1n) is 8.09. The van der Waals surface area contributed by atoms with E-state index in [0.717, 1.165) is 6.54 Å². The molecule has 3 heterocycles. The van der Waals surface area contributed by atoms with E-state index in [4.69, 9.17) is 4.42 Å². The maximum atomic E-state index is 12.3. The molecule has 7 heteroatoms. The summed E-state index contributed by atoms with van der Waals surface area (Å²) in [7, 11) is 0. The van der Waals surface area contributed by atoms with Crippen LogP contribution in [0.1, 0.15) is 16.9 Å². The topological polar surface area (TPSA) is 83.3 Å². The minimum Gasteiger partial charge on any atom is -0.467 e. The van der Waals surface area contributed by atoms with Crippen LogP contribution < -0.4 is 16.6 Å². The number of hydrogen-bond donors (Lipinski definition) is 2. The van der Waals surface area contributed by atoms with Gasteiger partial charge >= 0.3 is 5.69 Å². The summed E-state index contributed by atoms with van der Waals surface area (Å²) in [5, 5.41) is 3.22. The van der Waals surface area contributed by atoms with Crippen LogP contribution in [-0.2, 0) is 19.6 Å². The third kappa shape index (κ3) is 3.14. The summed E-state index contributed by atoms with van der Waals surface area (Å²) in [6, 6.07) is 13.6. The van der Waals surface area contributed by atoms with E-state index in [-0.39, 0.29) is 12.1 Å². The zero-order valence-electron chi connectivity index (χ0n) is 13.6. The van der Waals surface area contributed by atoms with Crippen molar-refractivity contribution in [2.24, 2.45) is 0 Å². The summed E-state index contributed by atoms with van der Waals surface area (Å²) in [5.74, 6) is 1.22. The van der Waals surface area contributed by atoms with Gasteiger partial charge in [-0.1, -0.05) is 30.3 Å². The highest BCUT2D eigenvalue weighted by atomic mass is 16.3. The van der Waals surface area contributed by atoms with Crippen LogP contribution in [0.15, 0.2) is 62.7 Å². The molecule has 4 rings (SSSR count). The van der Waals surface area contributed by atoms with Gasteiger partial charge in [-0.05, 0) is 17.7 Å². The lowest BCUT2D eigenvalue weighted by molar-refractivity contribution is 0.262. The molecule has 0 fully saturated rings. The average Bonchev–Trinajstić information content (AvgIpc) is 3.13. The van der Waals surface area contributed by atoms with Gasteiger partial charge in [0.1, 0.15) is 11.6 Å². The zero-order valence-corrected chi connectivity index (χ0v) is 13.6. The van der Waals surface area contributed by atoms with E-state index in [2.05, 4.69) is 27.3 Å². The van der Waals surface area contributed by atoms with Gasteiger partial charge in [0.2, 0.25) is 0 Å². The van der Waals surface area contributed by atoms with E-state index in [9.17, 15) is 9.59 Å². The fourth-order valence-electron chi connectivity index (χ4n) is 3.09. The first-order valence-corrected chi connectivity index (χ1v) is 8.09. The second kappa shape index (κ2) is 6.45. The van der Waals surface area contributed by atoms with Crippen molar-refractivity contribution >= 4 is 5.82 Å². The van der Waals surface area contributed by atoms with Crippen LogP contribution in [-0.4, -0.2) is 21.1 Å². The number of furan rings is 1. The molecule has 2 N–H and O–H groups in total. The largest absolute Gasteiger partial charge is 0.467 e. The van der Waals surface area contributed by atoms with Crippen molar-refractivity contribution in [1.29, 1.82) is 0 Å². The number of aromatic nitrogens is 2. The third-order valence-electron chi connectivity index (χ3n) is 4.29. The first-order chi connectivity index (χ1) is 12.2. The Morgan fingerprint density at radius 1 is 1.04 bits per heavy atom. The Kier molecular flexibility index (Phi) is 3.99. The molecule has 0 atom stereocenters. The standard InChI is InChI=1S/C18H18N4O3/c23-17-15-11-21(9-13-5-2-1-3-6-13)12-19-16(15)22(18(24)20-17)10-14-7-4-8-25-14/h1-8,19H,9-12H2,(H,20,23,24). The lowest BCUT2D eigenvalue weighted by atomic mass is 10.2. The van der Waals surface area contributed by atoms with Crippen molar-refractivity contribution in [2.75, 3.05) is 12.0 Å². The Labute approximate surface area is 143 Å². The summed E-state index contributed by atoms with van der Waals surface area (Å²) >= 11 is 0. The van der Waals surface area contributed by atoms with E-state index in [1.165, 1.54) is 10.1 Å². The van der Waals surface area contributed by atoms with Crippen molar-refractivity contribution in [3.63, 3.8) is 0 Å². The van der Waals surface area contributed by atoms with Crippen LogP contribution in [0.5, 0.6) is 0 Å². The Morgan fingerprint density at radius 2 is 1.88 bits per heavy atom. The van der Waals surface area contributed by atoms with E-state index in [0.29, 0.717) is 30.4 Å². The number of hydrogen-bond acceptors (Lipinski definition) is 5. The minimum absolute atomic E-state index is 0.274. The highest BCUT2D eigenvalue weighted by Gasteiger charge is 2.23. The van der Waals surface area contributed by atoms with Gasteiger partial charge < -0.3 is 9.73 Å². The van der Waals surface area contributed by atoms with E-state index in [1.807, 2.05) is 18.2 Å². The smallest absolute Gasteiger partial charge is 0.330 e. The van der Waals surface area contributed by atoms with Crippen molar-refractivity contribution in [3.8, 4) is 0 Å². The summed E-state index contributed by atoms with van der Waals surface area (Å²) < 4.78 is 6.83. The van der Waals surface area contributed by atoms with Crippen molar-refractivity contribution in [3.05, 3.63) is 86.5 Å². The lowest BCUT2D eigenvalue weighted by Crippen LogP contribution is -2.43. The van der Waals surface area contributed by atoms with Crippen molar-refractivity contribution in [2.45, 2.75) is 19.6 Å². The molecule has 0 saturated heterocycles. The number of benzene rings is 1. The highest BCUT2D eigenvalue weighted by molar-refractivity contribution is 5.45. The van der Waals surface area contributed by atoms with Gasteiger partial charge in [0.25, 0.3) is 5.56 Å². The zero-order chi connectivity index (χ0) is 17.2. The normalized spacial score (nSPS) is 14.1. The van der Waals surface area contributed by atoms with Crippen LogP contribution in [0.3, 0.4) is 0 Å². The van der Waals surface area contributed by atoms with E-state index in [1.54, 1.807) is 18.4 Å². The van der Waals surface area contributed by atoms with Crippen LogP contribution in [0.25, 0.3) is 0 Å². The quantitative estimate of drug-likeness (QED) is 0.754. The maximum Gasteiger partial charge on any atom is 0.330 e. The second-order valence-electron chi connectivity index (χ2n) is 6.06. The molecule has 0 radical (unpaired) electrons. The average molecular weight is 338 g/mol. The van der Waals surface area contributed by atoms with Crippen LogP contribution in [0.2, 0.25) is 0 Å². The summed E-state index contributed by atoms with van der Waals surface area (Å²) in [6.45, 7) is 2.04. The van der Waals surface area contributed by atoms with Gasteiger partial charge in [-0.25, -0.2) is 4.79 Å². The summed E-state index contributed by atoms with van der Waals surface area (Å²) in [6.07, 6.45) is 1.56. The van der Waals surface area contributed by atoms with E-state index < -0.39 is 5.69 Å². The Balaban J connectivity index is 1.64. The predicted octanol–water partition coefficient (Wildman–Crippen LogP) is 1.56. The summed E-state index contributed by atoms with van der Waals surface area (Å²) in [5.41, 5.74) is 0.950. The van der Waals surface area contributed by atoms with Crippen LogP contribution in [0, 0.1) is 0 Å². The fourth-order valence-corrected chi connectivity index (χ4v) is 3.09. The molecule has 1 aromatic carbocycles. The molecule has 1 aliphatic heterocycles. The van der Waals surface area contributed by atoms with Crippen LogP contribution >= 0.6 is 0 Å². The molecule has 1 aliphatic rings. The molecule has 0 spiro atoms. The summed E-state index contributed by atoms with van der Waals surface area (Å²) in [4.78, 5) is 29.0. The maximum absolute atomic E-state index is 12.3. The van der Waals surface area contributed by atoms with Gasteiger partial charge in [-0.15, -0.1) is 0 Å². The first kappa shape index (κ1) is 15.5. The van der Waals surface area contributed by atoms with Crippen LogP contribution in [0.4, 0.5) is 5.82 Å². The molecule has 2 aromatic heterocycles. The number of nitrogens with one attached hydrogen (secondary N) is 2. The molecule has 128 valence electrons. The number of anilines is 1. The van der Waals surface area contributed by atoms with Gasteiger partial charge in [-0.3, -0.25) is 19.2 Å². The molecule has 25 heavy (non-hydrogen) atoms. The third-order valence-corrected chi connectivity index (χ3v) is 4.29. The lowest BCUT2D eigenvalue weighted by Gasteiger charge is -2.30. The van der Waals surface area contributed by atoms with Gasteiger partial charge in [-0.2, -0.15) is 0 Å². The Morgan fingerprint density at radius 3 is 2.64 bits per heavy atom. The number of aromatic amines is 1. The number of rotatable bonds is 4. The Hall–Kier alpha value is -3.06. The molecule has 0 saturated carbocycles. The molecule has 0 aliphatic carbocycles. The van der Waals surface area contributed by atoms with Gasteiger partial charge in [0, 0.05) is 13.1 Å². The highest BCUT2D eigenvalue weighted by Crippen LogP contribution is 2.20. The second-order valence-corrected chi connectivity index (χ2v) is 6.06. The molecule has 0 amide bonds. The molecule has 3 aromatic rings. The number of H-pyrrole nitrogens is 1. The van der Waals surface area contributed by atoms with Gasteiger partial charge in [0.15, 0.2) is 0 Å². The molecular weight excluding hydrogens is 320 g/mol. The van der Waals surface area contributed by atoms with Gasteiger partial charge in [0.05, 0.1) is 25.0 Å². The monoisotopic (exact) mass is 338 g/mol. The molecular formula is C18H18N4O3.